The minimum Gasteiger partial charge on any atom is -0.337 e. The molecule has 1 aliphatic heterocycles. The van der Waals surface area contributed by atoms with Crippen molar-refractivity contribution in [3.05, 3.63) is 0 Å². The number of nitrogens with one attached hydrogen (secondary N) is 2. The fourth-order valence-electron chi connectivity index (χ4n) is 3.38. The molecule has 1 amide bonds. The number of hydrogen-bond donors (Lipinski definition) is 2. The number of likely N-dealkylation sites (tertiary alicyclic amines) is 1. The highest BCUT2D eigenvalue weighted by atomic mass is 16.2. The Kier molecular flexibility index (Phi) is 5.23. The average Bonchev–Trinajstić information content (AvgIpc) is 2.51. The van der Waals surface area contributed by atoms with E-state index < -0.39 is 5.54 Å². The standard InChI is InChI=1S/C16H28N4O/c1-15(18-2)8-10-20(11-9-15)12-14(21)19-16(13-17)6-4-3-5-7-16/h18H,3-12H2,1-2H3,(H,19,21). The maximum atomic E-state index is 12.3. The second-order valence-electron chi connectivity index (χ2n) is 6.89. The van der Waals surface area contributed by atoms with Crippen molar-refractivity contribution < 1.29 is 4.79 Å². The van der Waals surface area contributed by atoms with Crippen molar-refractivity contribution in [1.82, 2.24) is 15.5 Å². The number of rotatable bonds is 4. The zero-order valence-electron chi connectivity index (χ0n) is 13.4. The van der Waals surface area contributed by atoms with Crippen molar-refractivity contribution in [3.63, 3.8) is 0 Å². The van der Waals surface area contributed by atoms with Gasteiger partial charge in [0.25, 0.3) is 0 Å². The van der Waals surface area contributed by atoms with Crippen molar-refractivity contribution in [2.45, 2.75) is 62.9 Å². The van der Waals surface area contributed by atoms with E-state index in [1.165, 1.54) is 6.42 Å². The van der Waals surface area contributed by atoms with Crippen LogP contribution in [0.15, 0.2) is 0 Å². The molecule has 0 aromatic rings. The van der Waals surface area contributed by atoms with Crippen molar-refractivity contribution in [3.8, 4) is 6.07 Å². The zero-order chi connectivity index (χ0) is 15.3. The third-order valence-electron chi connectivity index (χ3n) is 5.23. The third kappa shape index (κ3) is 4.18. The summed E-state index contributed by atoms with van der Waals surface area (Å²) < 4.78 is 0. The van der Waals surface area contributed by atoms with E-state index in [9.17, 15) is 10.1 Å². The molecule has 0 unspecified atom stereocenters. The molecule has 0 aromatic heterocycles. The summed E-state index contributed by atoms with van der Waals surface area (Å²) in [6.45, 7) is 4.52. The van der Waals surface area contributed by atoms with Crippen LogP contribution >= 0.6 is 0 Å². The summed E-state index contributed by atoms with van der Waals surface area (Å²) in [7, 11) is 2.00. The summed E-state index contributed by atoms with van der Waals surface area (Å²) in [5.41, 5.74) is -0.408. The van der Waals surface area contributed by atoms with Gasteiger partial charge in [-0.05, 0) is 39.7 Å². The lowest BCUT2D eigenvalue weighted by molar-refractivity contribution is -0.124. The summed E-state index contributed by atoms with van der Waals surface area (Å²) >= 11 is 0. The molecule has 5 heteroatoms. The number of hydrogen-bond acceptors (Lipinski definition) is 4. The summed E-state index contributed by atoms with van der Waals surface area (Å²) in [5.74, 6) is 0.00603. The van der Waals surface area contributed by atoms with Crippen LogP contribution in [0.2, 0.25) is 0 Å². The lowest BCUT2D eigenvalue weighted by atomic mass is 9.83. The van der Waals surface area contributed by atoms with Gasteiger partial charge in [0, 0.05) is 18.6 Å². The van der Waals surface area contributed by atoms with Gasteiger partial charge in [-0.15, -0.1) is 0 Å². The highest BCUT2D eigenvalue weighted by Gasteiger charge is 2.34. The van der Waals surface area contributed by atoms with E-state index in [1.807, 2.05) is 7.05 Å². The van der Waals surface area contributed by atoms with E-state index in [4.69, 9.17) is 0 Å². The molecule has 118 valence electrons. The smallest absolute Gasteiger partial charge is 0.235 e. The van der Waals surface area contributed by atoms with Crippen LogP contribution in [-0.4, -0.2) is 48.6 Å². The Morgan fingerprint density at radius 2 is 1.81 bits per heavy atom. The normalized spacial score (nSPS) is 25.0. The molecule has 0 spiro atoms. The minimum absolute atomic E-state index is 0.00603. The van der Waals surface area contributed by atoms with Gasteiger partial charge in [0.1, 0.15) is 5.54 Å². The maximum Gasteiger partial charge on any atom is 0.235 e. The quantitative estimate of drug-likeness (QED) is 0.822. The third-order valence-corrected chi connectivity index (χ3v) is 5.23. The number of carbonyl (C=O) groups excluding carboxylic acids is 1. The molecule has 1 saturated carbocycles. The molecule has 2 rings (SSSR count). The van der Waals surface area contributed by atoms with Crippen molar-refractivity contribution in [1.29, 1.82) is 5.26 Å². The van der Waals surface area contributed by atoms with E-state index in [2.05, 4.69) is 28.5 Å². The van der Waals surface area contributed by atoms with Crippen LogP contribution in [0.4, 0.5) is 0 Å². The van der Waals surface area contributed by atoms with E-state index in [1.54, 1.807) is 0 Å². The lowest BCUT2D eigenvalue weighted by Gasteiger charge is -2.39. The van der Waals surface area contributed by atoms with Crippen LogP contribution in [0, 0.1) is 11.3 Å². The molecule has 2 aliphatic rings. The molecule has 21 heavy (non-hydrogen) atoms. The highest BCUT2D eigenvalue weighted by molar-refractivity contribution is 5.79. The second-order valence-corrected chi connectivity index (χ2v) is 6.89. The molecule has 0 aromatic carbocycles. The first-order valence-electron chi connectivity index (χ1n) is 8.14. The number of nitriles is 1. The fraction of sp³-hybridized carbons (Fsp3) is 0.875. The van der Waals surface area contributed by atoms with Gasteiger partial charge in [0.05, 0.1) is 12.6 Å². The maximum absolute atomic E-state index is 12.3. The molecular weight excluding hydrogens is 264 g/mol. The topological polar surface area (TPSA) is 68.2 Å². The van der Waals surface area contributed by atoms with Gasteiger partial charge in [-0.1, -0.05) is 19.3 Å². The molecule has 2 N–H and O–H groups in total. The van der Waals surface area contributed by atoms with Crippen molar-refractivity contribution in [2.24, 2.45) is 0 Å². The van der Waals surface area contributed by atoms with Crippen molar-refractivity contribution >= 4 is 5.91 Å². The van der Waals surface area contributed by atoms with Gasteiger partial charge in [-0.2, -0.15) is 5.26 Å². The first kappa shape index (κ1) is 16.3. The van der Waals surface area contributed by atoms with Gasteiger partial charge >= 0.3 is 0 Å². The Morgan fingerprint density at radius 3 is 2.33 bits per heavy atom. The second kappa shape index (κ2) is 6.76. The molecule has 0 radical (unpaired) electrons. The molecule has 2 fully saturated rings. The minimum atomic E-state index is -0.607. The first-order valence-corrected chi connectivity index (χ1v) is 8.14. The predicted octanol–water partition coefficient (Wildman–Crippen LogP) is 1.40. The van der Waals surface area contributed by atoms with Crippen LogP contribution in [0.1, 0.15) is 51.9 Å². The predicted molar refractivity (Wildman–Crippen MR) is 82.7 cm³/mol. The SMILES string of the molecule is CNC1(C)CCN(CC(=O)NC2(C#N)CCCCC2)CC1. The van der Waals surface area contributed by atoms with Crippen LogP contribution in [-0.2, 0) is 4.79 Å². The molecule has 5 nitrogen and oxygen atoms in total. The zero-order valence-corrected chi connectivity index (χ0v) is 13.4. The van der Waals surface area contributed by atoms with E-state index in [0.29, 0.717) is 6.54 Å². The number of nitrogens with zero attached hydrogens (tertiary/aromatic N) is 2. The van der Waals surface area contributed by atoms with Crippen LogP contribution < -0.4 is 10.6 Å². The summed E-state index contributed by atoms with van der Waals surface area (Å²) in [4.78, 5) is 14.5. The van der Waals surface area contributed by atoms with Gasteiger partial charge < -0.3 is 10.6 Å². The number of amides is 1. The lowest BCUT2D eigenvalue weighted by Crippen LogP contribution is -2.54. The van der Waals surface area contributed by atoms with Crippen LogP contribution in [0.3, 0.4) is 0 Å². The fourth-order valence-corrected chi connectivity index (χ4v) is 3.38. The van der Waals surface area contributed by atoms with Gasteiger partial charge in [-0.3, -0.25) is 9.69 Å². The summed E-state index contributed by atoms with van der Waals surface area (Å²) in [6, 6.07) is 2.35. The van der Waals surface area contributed by atoms with Gasteiger partial charge in [-0.25, -0.2) is 0 Å². The Bertz CT molecular complexity index is 401. The highest BCUT2D eigenvalue weighted by Crippen LogP contribution is 2.27. The van der Waals surface area contributed by atoms with Crippen molar-refractivity contribution in [2.75, 3.05) is 26.7 Å². The molecular formula is C16H28N4O. The molecule has 1 aliphatic carbocycles. The first-order chi connectivity index (χ1) is 10.0. The molecule has 1 heterocycles. The number of piperidine rings is 1. The van der Waals surface area contributed by atoms with E-state index in [-0.39, 0.29) is 11.4 Å². The number of carbonyl (C=O) groups is 1. The Hall–Kier alpha value is -1.12. The largest absolute Gasteiger partial charge is 0.337 e. The molecule has 0 atom stereocenters. The Morgan fingerprint density at radius 1 is 1.19 bits per heavy atom. The van der Waals surface area contributed by atoms with E-state index in [0.717, 1.165) is 51.6 Å². The Labute approximate surface area is 128 Å². The monoisotopic (exact) mass is 292 g/mol. The summed E-state index contributed by atoms with van der Waals surface area (Å²) in [6.07, 6.45) is 6.96. The van der Waals surface area contributed by atoms with Crippen LogP contribution in [0.5, 0.6) is 0 Å². The van der Waals surface area contributed by atoms with Gasteiger partial charge in [0.15, 0.2) is 0 Å². The molecule has 1 saturated heterocycles. The summed E-state index contributed by atoms with van der Waals surface area (Å²) in [5, 5.41) is 15.8. The van der Waals surface area contributed by atoms with E-state index >= 15 is 0 Å². The molecule has 0 bridgehead atoms. The Balaban J connectivity index is 1.81. The van der Waals surface area contributed by atoms with Crippen LogP contribution in [0.25, 0.3) is 0 Å². The average molecular weight is 292 g/mol. The van der Waals surface area contributed by atoms with Gasteiger partial charge in [0.2, 0.25) is 5.91 Å².